The quantitative estimate of drug-likeness (QED) is 0.214. The maximum Gasteiger partial charge on any atom is 0.494 e. The molecule has 2 aromatic heterocycles. The molecule has 0 saturated carbocycles. The third-order valence-corrected chi connectivity index (χ3v) is 9.14. The van der Waals surface area contributed by atoms with Crippen molar-refractivity contribution in [3.63, 3.8) is 0 Å². The van der Waals surface area contributed by atoms with E-state index in [1.165, 1.54) is 38.1 Å². The van der Waals surface area contributed by atoms with Crippen LogP contribution in [0.3, 0.4) is 0 Å². The molecule has 1 aliphatic heterocycles. The summed E-state index contributed by atoms with van der Waals surface area (Å²) in [7, 11) is -0.414. The Balaban J connectivity index is 1.46. The Morgan fingerprint density at radius 2 is 0.951 bits per heavy atom. The van der Waals surface area contributed by atoms with E-state index >= 15 is 0 Å². The molecule has 1 fully saturated rings. The second kappa shape index (κ2) is 8.59. The minimum atomic E-state index is -0.414. The fourth-order valence-electron chi connectivity index (χ4n) is 6.34. The molecule has 0 unspecified atom stereocenters. The van der Waals surface area contributed by atoms with Crippen LogP contribution in [0.5, 0.6) is 0 Å². The molecule has 7 aromatic rings. The minimum absolute atomic E-state index is 0.393. The van der Waals surface area contributed by atoms with Gasteiger partial charge in [0.05, 0.1) is 33.3 Å². The fraction of sp³-hybridized carbons (Fsp3) is 0.167. The van der Waals surface area contributed by atoms with Crippen LogP contribution < -0.4 is 5.46 Å². The predicted molar refractivity (Wildman–Crippen MR) is 171 cm³/mol. The van der Waals surface area contributed by atoms with Crippen LogP contribution >= 0.6 is 0 Å². The molecule has 0 atom stereocenters. The van der Waals surface area contributed by atoms with Crippen LogP contribution in [0.4, 0.5) is 0 Å². The Bertz CT molecular complexity index is 2090. The molecule has 200 valence electrons. The van der Waals surface area contributed by atoms with Crippen molar-refractivity contribution in [3.05, 3.63) is 115 Å². The average molecular weight is 534 g/mol. The minimum Gasteiger partial charge on any atom is -0.399 e. The first-order valence-electron chi connectivity index (χ1n) is 14.3. The zero-order chi connectivity index (χ0) is 27.9. The van der Waals surface area contributed by atoms with Crippen molar-refractivity contribution < 1.29 is 9.31 Å². The van der Waals surface area contributed by atoms with Gasteiger partial charge in [0.25, 0.3) is 0 Å². The van der Waals surface area contributed by atoms with Gasteiger partial charge in [-0.05, 0) is 81.7 Å². The molecule has 41 heavy (non-hydrogen) atoms. The molecule has 0 amide bonds. The maximum absolute atomic E-state index is 6.45. The van der Waals surface area contributed by atoms with Crippen molar-refractivity contribution in [2.24, 2.45) is 0 Å². The Labute approximate surface area is 239 Å². The molecule has 0 bridgehead atoms. The average Bonchev–Trinajstić information content (AvgIpc) is 3.55. The standard InChI is InChI=1S/C36H31BN2O2/c1-35(2)36(3,4)41-37(40-35)24-19-20-32-28(21-24)30-22-29-27-17-11-12-18-31(27)38(25-13-7-5-8-14-25)33(29)23-34(30)39(32)26-15-9-6-10-16-26/h5-23H,1-4H3. The number of para-hydroxylation sites is 3. The van der Waals surface area contributed by atoms with E-state index in [-0.39, 0.29) is 0 Å². The Morgan fingerprint density at radius 1 is 0.463 bits per heavy atom. The summed E-state index contributed by atoms with van der Waals surface area (Å²) in [6, 6.07) is 41.3. The fourth-order valence-corrected chi connectivity index (χ4v) is 6.34. The number of rotatable bonds is 3. The Kier molecular flexibility index (Phi) is 5.13. The lowest BCUT2D eigenvalue weighted by molar-refractivity contribution is 0.00578. The molecule has 3 heterocycles. The van der Waals surface area contributed by atoms with E-state index in [2.05, 4.69) is 152 Å². The van der Waals surface area contributed by atoms with Gasteiger partial charge in [-0.25, -0.2) is 0 Å². The lowest BCUT2D eigenvalue weighted by Crippen LogP contribution is -2.41. The number of hydrogen-bond donors (Lipinski definition) is 0. The summed E-state index contributed by atoms with van der Waals surface area (Å²) in [5, 5.41) is 4.89. The second-order valence-corrected chi connectivity index (χ2v) is 12.1. The van der Waals surface area contributed by atoms with Crippen molar-refractivity contribution in [2.45, 2.75) is 38.9 Å². The molecule has 0 N–H and O–H groups in total. The third kappa shape index (κ3) is 3.56. The summed E-state index contributed by atoms with van der Waals surface area (Å²) in [6.45, 7) is 8.41. The van der Waals surface area contributed by atoms with Gasteiger partial charge in [0.15, 0.2) is 0 Å². The highest BCUT2D eigenvalue weighted by atomic mass is 16.7. The smallest absolute Gasteiger partial charge is 0.399 e. The van der Waals surface area contributed by atoms with Crippen LogP contribution in [0, 0.1) is 0 Å². The highest BCUT2D eigenvalue weighted by Crippen LogP contribution is 2.40. The number of fused-ring (bicyclic) bond motifs is 6. The summed E-state index contributed by atoms with van der Waals surface area (Å²) in [6.07, 6.45) is 0. The van der Waals surface area contributed by atoms with Gasteiger partial charge >= 0.3 is 7.12 Å². The highest BCUT2D eigenvalue weighted by molar-refractivity contribution is 6.62. The third-order valence-electron chi connectivity index (χ3n) is 9.14. The molecule has 4 nitrogen and oxygen atoms in total. The molecule has 0 spiro atoms. The predicted octanol–water partition coefficient (Wildman–Crippen LogP) is 8.18. The number of aromatic nitrogens is 2. The zero-order valence-electron chi connectivity index (χ0n) is 23.8. The SMILES string of the molecule is CC1(C)OB(c2ccc3c(c2)c2cc4c5ccccc5n(-c5ccccc5)c4cc2n3-c2ccccc2)OC1(C)C. The van der Waals surface area contributed by atoms with Crippen LogP contribution in [0.1, 0.15) is 27.7 Å². The van der Waals surface area contributed by atoms with E-state index in [0.717, 1.165) is 22.4 Å². The molecule has 0 radical (unpaired) electrons. The molecular weight excluding hydrogens is 503 g/mol. The van der Waals surface area contributed by atoms with Gasteiger partial charge in [-0.15, -0.1) is 0 Å². The van der Waals surface area contributed by atoms with Gasteiger partial charge in [0.2, 0.25) is 0 Å². The highest BCUT2D eigenvalue weighted by Gasteiger charge is 2.51. The summed E-state index contributed by atoms with van der Waals surface area (Å²) in [5.41, 5.74) is 7.27. The van der Waals surface area contributed by atoms with E-state index in [0.29, 0.717) is 0 Å². The monoisotopic (exact) mass is 534 g/mol. The molecule has 1 aliphatic rings. The summed E-state index contributed by atoms with van der Waals surface area (Å²) >= 11 is 0. The molecule has 8 rings (SSSR count). The first-order valence-corrected chi connectivity index (χ1v) is 14.3. The van der Waals surface area contributed by atoms with Gasteiger partial charge in [-0.3, -0.25) is 0 Å². The van der Waals surface area contributed by atoms with Crippen molar-refractivity contribution in [1.29, 1.82) is 0 Å². The van der Waals surface area contributed by atoms with Crippen molar-refractivity contribution >= 4 is 56.2 Å². The Hall–Kier alpha value is -4.32. The van der Waals surface area contributed by atoms with Crippen LogP contribution in [0.2, 0.25) is 0 Å². The van der Waals surface area contributed by atoms with Gasteiger partial charge < -0.3 is 18.4 Å². The van der Waals surface area contributed by atoms with Crippen molar-refractivity contribution in [3.8, 4) is 11.4 Å². The molecule has 0 aliphatic carbocycles. The number of hydrogen-bond acceptors (Lipinski definition) is 2. The lowest BCUT2D eigenvalue weighted by atomic mass is 9.78. The van der Waals surface area contributed by atoms with Crippen molar-refractivity contribution in [2.75, 3.05) is 0 Å². The van der Waals surface area contributed by atoms with Crippen LogP contribution in [-0.4, -0.2) is 27.5 Å². The molecular formula is C36H31BN2O2. The van der Waals surface area contributed by atoms with Gasteiger partial charge in [-0.1, -0.05) is 66.7 Å². The van der Waals surface area contributed by atoms with Crippen LogP contribution in [-0.2, 0) is 9.31 Å². The van der Waals surface area contributed by atoms with E-state index in [4.69, 9.17) is 9.31 Å². The molecule has 5 aromatic carbocycles. The first-order chi connectivity index (χ1) is 19.8. The molecule has 5 heteroatoms. The topological polar surface area (TPSA) is 28.3 Å². The van der Waals surface area contributed by atoms with Crippen LogP contribution in [0.25, 0.3) is 55.0 Å². The van der Waals surface area contributed by atoms with Gasteiger partial charge in [-0.2, -0.15) is 0 Å². The normalized spacial score (nSPS) is 16.4. The van der Waals surface area contributed by atoms with E-state index in [1.807, 2.05) is 0 Å². The van der Waals surface area contributed by atoms with E-state index in [9.17, 15) is 0 Å². The summed E-state index contributed by atoms with van der Waals surface area (Å²) in [5.74, 6) is 0. The largest absolute Gasteiger partial charge is 0.494 e. The zero-order valence-corrected chi connectivity index (χ0v) is 23.8. The lowest BCUT2D eigenvalue weighted by Gasteiger charge is -2.32. The summed E-state index contributed by atoms with van der Waals surface area (Å²) < 4.78 is 17.7. The molecule has 1 saturated heterocycles. The van der Waals surface area contributed by atoms with Gasteiger partial charge in [0, 0.05) is 32.9 Å². The van der Waals surface area contributed by atoms with Crippen LogP contribution in [0.15, 0.2) is 115 Å². The number of benzene rings is 5. The number of nitrogens with zero attached hydrogens (tertiary/aromatic N) is 2. The van der Waals surface area contributed by atoms with E-state index in [1.54, 1.807) is 0 Å². The van der Waals surface area contributed by atoms with Crippen molar-refractivity contribution in [1.82, 2.24) is 9.13 Å². The van der Waals surface area contributed by atoms with E-state index < -0.39 is 18.3 Å². The summed E-state index contributed by atoms with van der Waals surface area (Å²) in [4.78, 5) is 0. The first kappa shape index (κ1) is 24.5. The maximum atomic E-state index is 6.45. The Morgan fingerprint density at radius 3 is 1.56 bits per heavy atom. The van der Waals surface area contributed by atoms with Gasteiger partial charge in [0.1, 0.15) is 0 Å². The second-order valence-electron chi connectivity index (χ2n) is 12.1.